The summed E-state index contributed by atoms with van der Waals surface area (Å²) in [6.07, 6.45) is 3.74. The lowest BCUT2D eigenvalue weighted by Gasteiger charge is -2.20. The lowest BCUT2D eigenvalue weighted by Crippen LogP contribution is -2.37. The molecule has 1 N–H and O–H groups in total. The maximum atomic E-state index is 4.92. The van der Waals surface area contributed by atoms with E-state index in [1.807, 2.05) is 23.1 Å². The summed E-state index contributed by atoms with van der Waals surface area (Å²) in [6.45, 7) is 4.47. The summed E-state index contributed by atoms with van der Waals surface area (Å²) in [5.74, 6) is 1.12. The minimum absolute atomic E-state index is 0.204. The van der Waals surface area contributed by atoms with Crippen LogP contribution in [0.2, 0.25) is 0 Å². The molecule has 4 heteroatoms. The van der Waals surface area contributed by atoms with Crippen molar-refractivity contribution in [1.82, 2.24) is 5.32 Å². The maximum Gasteiger partial charge on any atom is 0.157 e. The lowest BCUT2D eigenvalue weighted by molar-refractivity contribution is 0.529. The van der Waals surface area contributed by atoms with Gasteiger partial charge >= 0.3 is 0 Å². The Hall–Kier alpha value is -0.480. The topological polar surface area (TPSA) is 24.4 Å². The van der Waals surface area contributed by atoms with Gasteiger partial charge in [0, 0.05) is 16.2 Å². The molecule has 17 heavy (non-hydrogen) atoms. The van der Waals surface area contributed by atoms with Crippen LogP contribution in [0.15, 0.2) is 16.4 Å². The quantitative estimate of drug-likeness (QED) is 0.840. The first-order chi connectivity index (χ1) is 8.14. The molecule has 0 saturated carbocycles. The van der Waals surface area contributed by atoms with Crippen molar-refractivity contribution in [2.24, 2.45) is 4.99 Å². The van der Waals surface area contributed by atoms with Crippen molar-refractivity contribution >= 4 is 28.3 Å². The normalized spacial score (nSPS) is 29.1. The fourth-order valence-corrected chi connectivity index (χ4v) is 4.52. The molecule has 1 unspecified atom stereocenters. The van der Waals surface area contributed by atoms with Crippen molar-refractivity contribution in [2.45, 2.75) is 44.7 Å². The molecule has 0 radical (unpaired) electrons. The van der Waals surface area contributed by atoms with Crippen LogP contribution in [0, 0.1) is 0 Å². The standard InChI is InChI=1S/C13H18N2S2/c1-13(2)8-17-12(15-13)14-10-4-3-5-11-9(10)6-7-16-11/h6-7,10H,3-5,8H2,1-2H3,(H,14,15). The summed E-state index contributed by atoms with van der Waals surface area (Å²) < 4.78 is 0. The number of amidine groups is 1. The van der Waals surface area contributed by atoms with Gasteiger partial charge in [0.25, 0.3) is 0 Å². The van der Waals surface area contributed by atoms with E-state index in [1.165, 1.54) is 24.8 Å². The highest BCUT2D eigenvalue weighted by Crippen LogP contribution is 2.37. The second-order valence-corrected chi connectivity index (χ2v) is 7.40. The third-order valence-electron chi connectivity index (χ3n) is 3.31. The van der Waals surface area contributed by atoms with Crippen molar-refractivity contribution in [3.05, 3.63) is 21.9 Å². The number of aliphatic imine (C=N–C) groups is 1. The molecule has 1 saturated heterocycles. The number of rotatable bonds is 1. The summed E-state index contributed by atoms with van der Waals surface area (Å²) >= 11 is 3.75. The van der Waals surface area contributed by atoms with E-state index in [0.29, 0.717) is 6.04 Å². The molecule has 3 rings (SSSR count). The van der Waals surface area contributed by atoms with Crippen LogP contribution in [0.1, 0.15) is 43.2 Å². The highest BCUT2D eigenvalue weighted by atomic mass is 32.2. The molecule has 2 heterocycles. The van der Waals surface area contributed by atoms with Gasteiger partial charge in [-0.1, -0.05) is 11.8 Å². The molecule has 0 spiro atoms. The van der Waals surface area contributed by atoms with E-state index in [9.17, 15) is 0 Å². The molecular formula is C13H18N2S2. The minimum atomic E-state index is 0.204. The third-order valence-corrected chi connectivity index (χ3v) is 5.65. The van der Waals surface area contributed by atoms with E-state index >= 15 is 0 Å². The second kappa shape index (κ2) is 4.32. The molecule has 0 aromatic carbocycles. The zero-order valence-corrected chi connectivity index (χ0v) is 12.0. The summed E-state index contributed by atoms with van der Waals surface area (Å²) in [5, 5.41) is 6.87. The number of thioether (sulfide) groups is 1. The molecular weight excluding hydrogens is 248 g/mol. The fraction of sp³-hybridized carbons (Fsp3) is 0.615. The number of thiophene rings is 1. The first-order valence-electron chi connectivity index (χ1n) is 6.19. The Morgan fingerprint density at radius 3 is 3.12 bits per heavy atom. The molecule has 1 aliphatic heterocycles. The highest BCUT2D eigenvalue weighted by Gasteiger charge is 2.29. The molecule has 1 aromatic rings. The number of fused-ring (bicyclic) bond motifs is 1. The highest BCUT2D eigenvalue weighted by molar-refractivity contribution is 8.14. The fourth-order valence-electron chi connectivity index (χ4n) is 2.42. The predicted molar refractivity (Wildman–Crippen MR) is 77.1 cm³/mol. The first-order valence-corrected chi connectivity index (χ1v) is 8.06. The molecule has 0 amide bonds. The van der Waals surface area contributed by atoms with Gasteiger partial charge in [0.1, 0.15) is 0 Å². The maximum absolute atomic E-state index is 4.92. The molecule has 1 aliphatic carbocycles. The van der Waals surface area contributed by atoms with Crippen LogP contribution >= 0.6 is 23.1 Å². The largest absolute Gasteiger partial charge is 0.359 e. The van der Waals surface area contributed by atoms with E-state index in [-0.39, 0.29) is 5.54 Å². The smallest absolute Gasteiger partial charge is 0.157 e. The third kappa shape index (κ3) is 2.38. The second-order valence-electron chi connectivity index (χ2n) is 5.44. The van der Waals surface area contributed by atoms with Crippen molar-refractivity contribution in [1.29, 1.82) is 0 Å². The van der Waals surface area contributed by atoms with Crippen LogP contribution in [0.4, 0.5) is 0 Å². The average molecular weight is 266 g/mol. The van der Waals surface area contributed by atoms with E-state index in [4.69, 9.17) is 4.99 Å². The summed E-state index contributed by atoms with van der Waals surface area (Å²) in [5.41, 5.74) is 1.68. The van der Waals surface area contributed by atoms with E-state index < -0.39 is 0 Å². The SMILES string of the molecule is CC1(C)CSC(=NC2CCCc3sccc32)N1. The van der Waals surface area contributed by atoms with Crippen molar-refractivity contribution in [2.75, 3.05) is 5.75 Å². The van der Waals surface area contributed by atoms with Crippen LogP contribution in [-0.4, -0.2) is 16.5 Å². The van der Waals surface area contributed by atoms with Gasteiger partial charge in [-0.2, -0.15) is 0 Å². The van der Waals surface area contributed by atoms with E-state index in [2.05, 4.69) is 30.6 Å². The van der Waals surface area contributed by atoms with Crippen molar-refractivity contribution in [3.8, 4) is 0 Å². The zero-order valence-electron chi connectivity index (χ0n) is 10.3. The zero-order chi connectivity index (χ0) is 11.9. The van der Waals surface area contributed by atoms with Gasteiger partial charge in [-0.3, -0.25) is 4.99 Å². The Morgan fingerprint density at radius 2 is 2.35 bits per heavy atom. The minimum Gasteiger partial charge on any atom is -0.359 e. The Labute approximate surface area is 111 Å². The Kier molecular flexibility index (Phi) is 2.95. The van der Waals surface area contributed by atoms with Gasteiger partial charge in [0.2, 0.25) is 0 Å². The number of hydrogen-bond donors (Lipinski definition) is 1. The van der Waals surface area contributed by atoms with E-state index in [1.54, 1.807) is 4.88 Å². The Balaban J connectivity index is 1.82. The summed E-state index contributed by atoms with van der Waals surface area (Å²) in [4.78, 5) is 6.47. The molecule has 2 aliphatic rings. The Morgan fingerprint density at radius 1 is 1.47 bits per heavy atom. The lowest BCUT2D eigenvalue weighted by atomic mass is 9.95. The van der Waals surface area contributed by atoms with Gasteiger partial charge < -0.3 is 5.32 Å². The van der Waals surface area contributed by atoms with Crippen molar-refractivity contribution < 1.29 is 0 Å². The van der Waals surface area contributed by atoms with E-state index in [0.717, 1.165) is 10.9 Å². The Bertz CT molecular complexity index is 448. The molecule has 92 valence electrons. The average Bonchev–Trinajstić information content (AvgIpc) is 2.85. The first kappa shape index (κ1) is 11.6. The molecule has 1 atom stereocenters. The summed E-state index contributed by atoms with van der Waals surface area (Å²) in [6, 6.07) is 2.66. The van der Waals surface area contributed by atoms with Gasteiger partial charge in [-0.25, -0.2) is 0 Å². The van der Waals surface area contributed by atoms with Crippen LogP contribution < -0.4 is 5.32 Å². The number of aryl methyl sites for hydroxylation is 1. The molecule has 1 fully saturated rings. The van der Waals surface area contributed by atoms with Crippen LogP contribution in [-0.2, 0) is 6.42 Å². The van der Waals surface area contributed by atoms with Crippen molar-refractivity contribution in [3.63, 3.8) is 0 Å². The molecule has 1 aromatic heterocycles. The van der Waals surface area contributed by atoms with Gasteiger partial charge in [-0.15, -0.1) is 11.3 Å². The number of hydrogen-bond acceptors (Lipinski definition) is 3. The van der Waals surface area contributed by atoms with Crippen LogP contribution in [0.5, 0.6) is 0 Å². The van der Waals surface area contributed by atoms with Crippen LogP contribution in [0.3, 0.4) is 0 Å². The van der Waals surface area contributed by atoms with Gasteiger partial charge in [0.05, 0.1) is 6.04 Å². The summed E-state index contributed by atoms with van der Waals surface area (Å²) in [7, 11) is 0. The number of nitrogens with one attached hydrogen (secondary N) is 1. The van der Waals surface area contributed by atoms with Gasteiger partial charge in [-0.05, 0) is 50.1 Å². The molecule has 2 nitrogen and oxygen atoms in total. The monoisotopic (exact) mass is 266 g/mol. The predicted octanol–water partition coefficient (Wildman–Crippen LogP) is 3.60. The number of nitrogens with zero attached hydrogens (tertiary/aromatic N) is 1. The van der Waals surface area contributed by atoms with Gasteiger partial charge in [0.15, 0.2) is 5.17 Å². The van der Waals surface area contributed by atoms with Crippen LogP contribution in [0.25, 0.3) is 0 Å². The molecule has 0 bridgehead atoms.